The van der Waals surface area contributed by atoms with Crippen molar-refractivity contribution in [2.75, 3.05) is 0 Å². The summed E-state index contributed by atoms with van der Waals surface area (Å²) in [6.45, 7) is 0. The maximum absolute atomic E-state index is 13.3. The largest absolute Gasteiger partial charge is 0.422 e. The molecule has 0 aliphatic carbocycles. The third-order valence-electron chi connectivity index (χ3n) is 6.04. The number of carbonyl (C=O) groups is 2. The van der Waals surface area contributed by atoms with Crippen LogP contribution in [-0.4, -0.2) is 23.1 Å². The van der Waals surface area contributed by atoms with Gasteiger partial charge in [0.05, 0.1) is 22.9 Å². The highest BCUT2D eigenvalue weighted by atomic mass is 79.9. The van der Waals surface area contributed by atoms with Crippen LogP contribution in [0.4, 0.5) is 13.2 Å². The number of esters is 1. The third-order valence-corrected chi connectivity index (χ3v) is 7.20. The van der Waals surface area contributed by atoms with Crippen LogP contribution in [-0.2, 0) is 6.18 Å². The van der Waals surface area contributed by atoms with Gasteiger partial charge in [0.15, 0.2) is 0 Å². The number of rotatable bonds is 6. The quantitative estimate of drug-likeness (QED) is 0.0816. The normalized spacial score (nSPS) is 11.6. The van der Waals surface area contributed by atoms with E-state index in [-0.39, 0.29) is 11.3 Å². The van der Waals surface area contributed by atoms with Crippen LogP contribution in [0.2, 0.25) is 0 Å². The minimum atomic E-state index is -4.61. The Morgan fingerprint density at radius 2 is 1.66 bits per heavy atom. The Morgan fingerprint density at radius 3 is 2.41 bits per heavy atom. The summed E-state index contributed by atoms with van der Waals surface area (Å²) in [5.41, 5.74) is 4.13. The van der Waals surface area contributed by atoms with Gasteiger partial charge in [-0.2, -0.15) is 18.3 Å². The number of amides is 1. The van der Waals surface area contributed by atoms with Gasteiger partial charge in [0.1, 0.15) is 11.4 Å². The lowest BCUT2D eigenvalue weighted by molar-refractivity contribution is -0.137. The molecule has 0 saturated carbocycles. The molecule has 6 nitrogen and oxygen atoms in total. The number of aromatic nitrogens is 1. The van der Waals surface area contributed by atoms with E-state index in [9.17, 15) is 22.8 Å². The van der Waals surface area contributed by atoms with Crippen LogP contribution in [0.3, 0.4) is 0 Å². The van der Waals surface area contributed by atoms with Gasteiger partial charge in [-0.25, -0.2) is 10.2 Å². The number of halogens is 5. The average molecular weight is 685 g/mol. The van der Waals surface area contributed by atoms with Gasteiger partial charge in [0.25, 0.3) is 5.91 Å². The zero-order valence-electron chi connectivity index (χ0n) is 20.8. The zero-order valence-corrected chi connectivity index (χ0v) is 24.0. The number of H-pyrrole nitrogens is 1. The second kappa shape index (κ2) is 11.7. The van der Waals surface area contributed by atoms with Crippen LogP contribution >= 0.6 is 31.9 Å². The number of carbonyl (C=O) groups excluding carboxylic acids is 2. The van der Waals surface area contributed by atoms with Crippen molar-refractivity contribution in [3.63, 3.8) is 0 Å². The van der Waals surface area contributed by atoms with Crippen LogP contribution in [0.1, 0.15) is 32.0 Å². The number of hydrogen-bond acceptors (Lipinski definition) is 4. The van der Waals surface area contributed by atoms with Gasteiger partial charge in [-0.15, -0.1) is 0 Å². The molecule has 5 aromatic rings. The summed E-state index contributed by atoms with van der Waals surface area (Å²) in [5.74, 6) is -1.46. The molecular formula is C30H18Br2F3N3O3. The SMILES string of the molecule is O=C(Oc1ccc(Br)cc1C=NNC(=O)c1[nH]c2c(Br)cccc2c1-c1ccccc1)c1cccc(C(F)(F)F)c1. The highest BCUT2D eigenvalue weighted by molar-refractivity contribution is 9.11. The Balaban J connectivity index is 1.40. The standard InChI is InChI=1S/C30H18Br2F3N3O3/c31-21-12-13-24(41-29(40)18-8-4-9-20(14-18)30(33,34)35)19(15-21)16-36-38-28(39)27-25(17-6-2-1-3-7-17)22-10-5-11-23(32)26(22)37-27/h1-16,37H,(H,38,39). The van der Waals surface area contributed by atoms with E-state index in [0.29, 0.717) is 21.3 Å². The molecule has 2 N–H and O–H groups in total. The number of aromatic amines is 1. The fourth-order valence-electron chi connectivity index (χ4n) is 4.17. The first-order chi connectivity index (χ1) is 19.6. The molecule has 4 aromatic carbocycles. The first-order valence-corrected chi connectivity index (χ1v) is 13.6. The molecular weight excluding hydrogens is 667 g/mol. The lowest BCUT2D eigenvalue weighted by atomic mass is 10.0. The van der Waals surface area contributed by atoms with E-state index in [2.05, 4.69) is 47.4 Å². The number of nitrogens with zero attached hydrogens (tertiary/aromatic N) is 1. The molecule has 1 heterocycles. The smallest absolute Gasteiger partial charge is 0.416 e. The number of alkyl halides is 3. The third kappa shape index (κ3) is 6.26. The number of fused-ring (bicyclic) bond motifs is 1. The lowest BCUT2D eigenvalue weighted by Crippen LogP contribution is -2.19. The molecule has 0 aliphatic heterocycles. The molecule has 41 heavy (non-hydrogen) atoms. The molecule has 0 aliphatic rings. The number of nitrogens with one attached hydrogen (secondary N) is 2. The van der Waals surface area contributed by atoms with E-state index in [1.165, 1.54) is 18.3 Å². The summed E-state index contributed by atoms with van der Waals surface area (Å²) >= 11 is 6.85. The Bertz CT molecular complexity index is 1800. The van der Waals surface area contributed by atoms with Crippen molar-refractivity contribution in [2.45, 2.75) is 6.18 Å². The first kappa shape index (κ1) is 28.3. The van der Waals surface area contributed by atoms with Gasteiger partial charge in [-0.1, -0.05) is 64.5 Å². The summed E-state index contributed by atoms with van der Waals surface area (Å²) in [6.07, 6.45) is -3.33. The van der Waals surface area contributed by atoms with Crippen molar-refractivity contribution in [1.82, 2.24) is 10.4 Å². The van der Waals surface area contributed by atoms with E-state index in [4.69, 9.17) is 4.74 Å². The van der Waals surface area contributed by atoms with E-state index in [0.717, 1.165) is 39.1 Å². The second-order valence-corrected chi connectivity index (χ2v) is 10.5. The Hall–Kier alpha value is -4.22. The number of hydrazone groups is 1. The van der Waals surface area contributed by atoms with Crippen molar-refractivity contribution in [3.8, 4) is 16.9 Å². The summed E-state index contributed by atoms with van der Waals surface area (Å²) in [4.78, 5) is 29.1. The van der Waals surface area contributed by atoms with E-state index < -0.39 is 23.6 Å². The summed E-state index contributed by atoms with van der Waals surface area (Å²) in [5, 5.41) is 4.90. The zero-order chi connectivity index (χ0) is 29.1. The highest BCUT2D eigenvalue weighted by Crippen LogP contribution is 2.35. The van der Waals surface area contributed by atoms with E-state index in [1.807, 2.05) is 48.5 Å². The minimum Gasteiger partial charge on any atom is -0.422 e. The fraction of sp³-hybridized carbons (Fsp3) is 0.0333. The molecule has 0 spiro atoms. The van der Waals surface area contributed by atoms with E-state index >= 15 is 0 Å². The van der Waals surface area contributed by atoms with Crippen molar-refractivity contribution in [2.24, 2.45) is 5.10 Å². The highest BCUT2D eigenvalue weighted by Gasteiger charge is 2.31. The predicted octanol–water partition coefficient (Wildman–Crippen LogP) is 8.36. The van der Waals surface area contributed by atoms with Gasteiger partial charge < -0.3 is 9.72 Å². The number of hydrogen-bond donors (Lipinski definition) is 2. The van der Waals surface area contributed by atoms with Gasteiger partial charge in [0.2, 0.25) is 0 Å². The van der Waals surface area contributed by atoms with Gasteiger partial charge >= 0.3 is 12.1 Å². The Kier molecular flexibility index (Phi) is 8.09. The summed E-state index contributed by atoms with van der Waals surface area (Å²) in [7, 11) is 0. The number of ether oxygens (including phenoxy) is 1. The molecule has 5 rings (SSSR count). The topological polar surface area (TPSA) is 83.5 Å². The Morgan fingerprint density at radius 1 is 0.902 bits per heavy atom. The molecule has 0 fully saturated rings. The monoisotopic (exact) mass is 683 g/mol. The second-order valence-electron chi connectivity index (χ2n) is 8.75. The molecule has 0 bridgehead atoms. The molecule has 1 amide bonds. The van der Waals surface area contributed by atoms with Crippen LogP contribution in [0, 0.1) is 0 Å². The van der Waals surface area contributed by atoms with Crippen LogP contribution in [0.25, 0.3) is 22.0 Å². The maximum atomic E-state index is 13.3. The van der Waals surface area contributed by atoms with Crippen LogP contribution in [0.5, 0.6) is 5.75 Å². The molecule has 0 saturated heterocycles. The van der Waals surface area contributed by atoms with Crippen molar-refractivity contribution in [3.05, 3.63) is 122 Å². The fourth-order valence-corrected chi connectivity index (χ4v) is 5.01. The van der Waals surface area contributed by atoms with Crippen molar-refractivity contribution in [1.29, 1.82) is 0 Å². The lowest BCUT2D eigenvalue weighted by Gasteiger charge is -2.10. The minimum absolute atomic E-state index is 0.0353. The molecule has 206 valence electrons. The summed E-state index contributed by atoms with van der Waals surface area (Å²) in [6, 6.07) is 23.7. The van der Waals surface area contributed by atoms with Crippen molar-refractivity contribution < 1.29 is 27.5 Å². The molecule has 0 radical (unpaired) electrons. The first-order valence-electron chi connectivity index (χ1n) is 12.0. The van der Waals surface area contributed by atoms with Gasteiger partial charge in [-0.3, -0.25) is 4.79 Å². The number of benzene rings is 4. The van der Waals surface area contributed by atoms with Crippen molar-refractivity contribution >= 4 is 60.9 Å². The predicted molar refractivity (Wildman–Crippen MR) is 157 cm³/mol. The van der Waals surface area contributed by atoms with Crippen LogP contribution < -0.4 is 10.2 Å². The van der Waals surface area contributed by atoms with Gasteiger partial charge in [0, 0.05) is 25.5 Å². The Labute approximate surface area is 248 Å². The summed E-state index contributed by atoms with van der Waals surface area (Å²) < 4.78 is 46.0. The molecule has 1 aromatic heterocycles. The molecule has 0 atom stereocenters. The van der Waals surface area contributed by atoms with Crippen LogP contribution in [0.15, 0.2) is 105 Å². The van der Waals surface area contributed by atoms with E-state index in [1.54, 1.807) is 12.1 Å². The molecule has 0 unspecified atom stereocenters. The van der Waals surface area contributed by atoms with Gasteiger partial charge in [-0.05, 0) is 64.0 Å². The number of para-hydroxylation sites is 1. The maximum Gasteiger partial charge on any atom is 0.416 e. The molecule has 11 heteroatoms. The average Bonchev–Trinajstić information content (AvgIpc) is 3.35.